The Morgan fingerprint density at radius 1 is 1.06 bits per heavy atom. The number of carbonyl (C=O) groups excluding carboxylic acids is 1. The summed E-state index contributed by atoms with van der Waals surface area (Å²) in [5.74, 6) is 1.80. The van der Waals surface area contributed by atoms with Crippen LogP contribution < -0.4 is 14.2 Å². The summed E-state index contributed by atoms with van der Waals surface area (Å²) in [4.78, 5) is 11.1. The van der Waals surface area contributed by atoms with E-state index in [0.29, 0.717) is 23.0 Å². The molecule has 18 heavy (non-hydrogen) atoms. The fourth-order valence-corrected chi connectivity index (χ4v) is 1.78. The van der Waals surface area contributed by atoms with Gasteiger partial charge in [0.05, 0.1) is 27.8 Å². The number of hydrogen-bond acceptors (Lipinski definition) is 5. The highest BCUT2D eigenvalue weighted by Gasteiger charge is 2.20. The third-order valence-electron chi connectivity index (χ3n) is 2.63. The van der Waals surface area contributed by atoms with Crippen molar-refractivity contribution in [2.45, 2.75) is 6.42 Å². The van der Waals surface area contributed by atoms with E-state index in [1.807, 2.05) is 0 Å². The van der Waals surface area contributed by atoms with Gasteiger partial charge >= 0.3 is 5.97 Å². The number of carbonyl (C=O) groups is 1. The second-order valence-corrected chi connectivity index (χ2v) is 3.66. The molecule has 1 aromatic carbocycles. The quantitative estimate of drug-likeness (QED) is 0.765. The van der Waals surface area contributed by atoms with E-state index in [2.05, 4.69) is 0 Å². The molecule has 0 unspecified atom stereocenters. The average Bonchev–Trinajstić information content (AvgIpc) is 2.83. The zero-order valence-electron chi connectivity index (χ0n) is 10.5. The molecule has 0 fully saturated rings. The van der Waals surface area contributed by atoms with Crippen LogP contribution in [0, 0.1) is 0 Å². The van der Waals surface area contributed by atoms with E-state index in [0.717, 1.165) is 5.56 Å². The van der Waals surface area contributed by atoms with Gasteiger partial charge in [-0.1, -0.05) is 0 Å². The molecule has 0 radical (unpaired) electrons. The van der Waals surface area contributed by atoms with Gasteiger partial charge < -0.3 is 18.9 Å². The standard InChI is InChI=1S/C13H14O5/c1-15-10-6-8(9-4-5-12(14)18-9)7-11(16-2)13(10)17-3/h4,6-7H,5H2,1-3H3. The van der Waals surface area contributed by atoms with Gasteiger partial charge in [0.15, 0.2) is 11.5 Å². The monoisotopic (exact) mass is 250 g/mol. The first-order valence-corrected chi connectivity index (χ1v) is 5.40. The number of ether oxygens (including phenoxy) is 4. The lowest BCUT2D eigenvalue weighted by molar-refractivity contribution is -0.134. The van der Waals surface area contributed by atoms with Crippen LogP contribution in [0.25, 0.3) is 5.76 Å². The van der Waals surface area contributed by atoms with Gasteiger partial charge in [-0.3, -0.25) is 4.79 Å². The van der Waals surface area contributed by atoms with Crippen LogP contribution in [-0.2, 0) is 9.53 Å². The minimum atomic E-state index is -0.265. The molecule has 0 amide bonds. The summed E-state index contributed by atoms with van der Waals surface area (Å²) in [6.45, 7) is 0. The van der Waals surface area contributed by atoms with Gasteiger partial charge in [-0.2, -0.15) is 0 Å². The first-order chi connectivity index (χ1) is 8.69. The summed E-state index contributed by atoms with van der Waals surface area (Å²) in [5.41, 5.74) is 0.718. The van der Waals surface area contributed by atoms with Crippen LogP contribution in [0.1, 0.15) is 12.0 Å². The first kappa shape index (κ1) is 12.3. The van der Waals surface area contributed by atoms with Gasteiger partial charge in [-0.15, -0.1) is 0 Å². The summed E-state index contributed by atoms with van der Waals surface area (Å²) in [7, 11) is 4.61. The molecule has 1 aliphatic rings. The molecule has 0 bridgehead atoms. The lowest BCUT2D eigenvalue weighted by Crippen LogP contribution is -1.98. The van der Waals surface area contributed by atoms with Crippen LogP contribution in [0.2, 0.25) is 0 Å². The minimum absolute atomic E-state index is 0.265. The number of esters is 1. The van der Waals surface area contributed by atoms with Gasteiger partial charge in [0.1, 0.15) is 5.76 Å². The Balaban J connectivity index is 2.47. The predicted molar refractivity (Wildman–Crippen MR) is 64.8 cm³/mol. The summed E-state index contributed by atoms with van der Waals surface area (Å²) < 4.78 is 20.8. The van der Waals surface area contributed by atoms with Crippen molar-refractivity contribution in [3.63, 3.8) is 0 Å². The van der Waals surface area contributed by atoms with E-state index in [1.54, 1.807) is 18.2 Å². The molecule has 0 spiro atoms. The lowest BCUT2D eigenvalue weighted by Gasteiger charge is -2.14. The zero-order valence-corrected chi connectivity index (χ0v) is 10.5. The van der Waals surface area contributed by atoms with Crippen LogP contribution in [0.3, 0.4) is 0 Å². The van der Waals surface area contributed by atoms with Crippen LogP contribution in [-0.4, -0.2) is 27.3 Å². The third-order valence-corrected chi connectivity index (χ3v) is 2.63. The Bertz CT molecular complexity index is 479. The molecule has 96 valence electrons. The Kier molecular flexibility index (Phi) is 3.41. The Hall–Kier alpha value is -2.17. The maximum Gasteiger partial charge on any atom is 0.315 e. The molecule has 0 aliphatic carbocycles. The van der Waals surface area contributed by atoms with Crippen molar-refractivity contribution in [2.24, 2.45) is 0 Å². The van der Waals surface area contributed by atoms with Crippen molar-refractivity contribution in [3.05, 3.63) is 23.8 Å². The van der Waals surface area contributed by atoms with Gasteiger partial charge in [0.25, 0.3) is 0 Å². The fraction of sp³-hybridized carbons (Fsp3) is 0.308. The van der Waals surface area contributed by atoms with Crippen molar-refractivity contribution in [1.82, 2.24) is 0 Å². The Morgan fingerprint density at radius 2 is 1.67 bits per heavy atom. The maximum atomic E-state index is 11.1. The van der Waals surface area contributed by atoms with E-state index >= 15 is 0 Å². The molecule has 0 saturated carbocycles. The van der Waals surface area contributed by atoms with E-state index in [9.17, 15) is 4.79 Å². The number of hydrogen-bond donors (Lipinski definition) is 0. The topological polar surface area (TPSA) is 54.0 Å². The third kappa shape index (κ3) is 2.11. The molecule has 0 aromatic heterocycles. The molecular formula is C13H14O5. The van der Waals surface area contributed by atoms with E-state index in [1.165, 1.54) is 21.3 Å². The number of benzene rings is 1. The van der Waals surface area contributed by atoms with Crippen LogP contribution >= 0.6 is 0 Å². The molecule has 1 aromatic rings. The molecule has 2 rings (SSSR count). The van der Waals surface area contributed by atoms with E-state index in [-0.39, 0.29) is 12.4 Å². The second-order valence-electron chi connectivity index (χ2n) is 3.66. The van der Waals surface area contributed by atoms with Crippen LogP contribution in [0.4, 0.5) is 0 Å². The van der Waals surface area contributed by atoms with Crippen molar-refractivity contribution in [2.75, 3.05) is 21.3 Å². The smallest absolute Gasteiger partial charge is 0.315 e. The number of cyclic esters (lactones) is 1. The molecular weight excluding hydrogens is 236 g/mol. The molecule has 5 nitrogen and oxygen atoms in total. The summed E-state index contributed by atoms with van der Waals surface area (Å²) in [5, 5.41) is 0. The van der Waals surface area contributed by atoms with Gasteiger partial charge in [0.2, 0.25) is 5.75 Å². The van der Waals surface area contributed by atoms with Crippen molar-refractivity contribution < 1.29 is 23.7 Å². The predicted octanol–water partition coefficient (Wildman–Crippen LogP) is 2.00. The normalized spacial score (nSPS) is 13.9. The van der Waals surface area contributed by atoms with Gasteiger partial charge in [-0.25, -0.2) is 0 Å². The van der Waals surface area contributed by atoms with Crippen LogP contribution in [0.15, 0.2) is 18.2 Å². The van der Waals surface area contributed by atoms with E-state index < -0.39 is 0 Å². The zero-order chi connectivity index (χ0) is 13.1. The average molecular weight is 250 g/mol. The highest BCUT2D eigenvalue weighted by Crippen LogP contribution is 2.40. The summed E-state index contributed by atoms with van der Waals surface area (Å²) in [6, 6.07) is 3.48. The highest BCUT2D eigenvalue weighted by molar-refractivity contribution is 5.86. The molecule has 0 N–H and O–H groups in total. The lowest BCUT2D eigenvalue weighted by atomic mass is 10.1. The summed E-state index contributed by atoms with van der Waals surface area (Å²) in [6.07, 6.45) is 2.01. The summed E-state index contributed by atoms with van der Waals surface area (Å²) >= 11 is 0. The van der Waals surface area contributed by atoms with Gasteiger partial charge in [-0.05, 0) is 18.2 Å². The Morgan fingerprint density at radius 3 is 2.06 bits per heavy atom. The second kappa shape index (κ2) is 5.00. The number of rotatable bonds is 4. The molecule has 1 aliphatic heterocycles. The van der Waals surface area contributed by atoms with Crippen molar-refractivity contribution >= 4 is 11.7 Å². The first-order valence-electron chi connectivity index (χ1n) is 5.40. The minimum Gasteiger partial charge on any atom is -0.493 e. The number of methoxy groups -OCH3 is 3. The van der Waals surface area contributed by atoms with Crippen LogP contribution in [0.5, 0.6) is 17.2 Å². The van der Waals surface area contributed by atoms with Crippen molar-refractivity contribution in [3.8, 4) is 17.2 Å². The molecule has 5 heteroatoms. The molecule has 0 atom stereocenters. The highest BCUT2D eigenvalue weighted by atomic mass is 16.5. The fourth-order valence-electron chi connectivity index (χ4n) is 1.78. The van der Waals surface area contributed by atoms with Crippen molar-refractivity contribution in [1.29, 1.82) is 0 Å². The van der Waals surface area contributed by atoms with E-state index in [4.69, 9.17) is 18.9 Å². The largest absolute Gasteiger partial charge is 0.493 e. The molecule has 0 saturated heterocycles. The maximum absolute atomic E-state index is 11.1. The molecule has 1 heterocycles. The SMILES string of the molecule is COc1cc(C2=CCC(=O)O2)cc(OC)c1OC. The van der Waals surface area contributed by atoms with Gasteiger partial charge in [0, 0.05) is 5.56 Å². The Labute approximate surface area is 105 Å².